The molecule has 0 saturated carbocycles. The molecule has 0 amide bonds. The fourth-order valence-corrected chi connectivity index (χ4v) is 3.41. The SMILES string of the molecule is CCCNC(CCc1ccsc1)CSC(C)(C)C. The van der Waals surface area contributed by atoms with Crippen LogP contribution in [0.25, 0.3) is 0 Å². The Balaban J connectivity index is 2.34. The average molecular weight is 286 g/mol. The second-order valence-electron chi connectivity index (χ2n) is 5.74. The minimum atomic E-state index is 0.370. The van der Waals surface area contributed by atoms with E-state index in [1.54, 1.807) is 11.3 Å². The fourth-order valence-electron chi connectivity index (χ4n) is 1.72. The van der Waals surface area contributed by atoms with Crippen molar-refractivity contribution in [3.8, 4) is 0 Å². The molecule has 1 atom stereocenters. The molecule has 1 unspecified atom stereocenters. The summed E-state index contributed by atoms with van der Waals surface area (Å²) in [5.41, 5.74) is 1.49. The molecule has 0 saturated heterocycles. The van der Waals surface area contributed by atoms with Crippen molar-refractivity contribution in [2.75, 3.05) is 12.3 Å². The van der Waals surface area contributed by atoms with E-state index in [9.17, 15) is 0 Å². The zero-order valence-corrected chi connectivity index (χ0v) is 13.8. The van der Waals surface area contributed by atoms with Gasteiger partial charge in [-0.05, 0) is 48.2 Å². The first-order valence-corrected chi connectivity index (χ1v) is 8.82. The maximum atomic E-state index is 3.69. The largest absolute Gasteiger partial charge is 0.313 e. The molecule has 0 radical (unpaired) electrons. The van der Waals surface area contributed by atoms with Gasteiger partial charge in [0.15, 0.2) is 0 Å². The third-order valence-electron chi connectivity index (χ3n) is 2.76. The Labute approximate surface area is 121 Å². The van der Waals surface area contributed by atoms with Crippen LogP contribution in [0.5, 0.6) is 0 Å². The summed E-state index contributed by atoms with van der Waals surface area (Å²) in [5, 5.41) is 8.13. The zero-order valence-electron chi connectivity index (χ0n) is 12.2. The lowest BCUT2D eigenvalue weighted by Crippen LogP contribution is -2.33. The van der Waals surface area contributed by atoms with Crippen molar-refractivity contribution in [2.24, 2.45) is 0 Å². The number of hydrogen-bond acceptors (Lipinski definition) is 3. The summed E-state index contributed by atoms with van der Waals surface area (Å²) in [5.74, 6) is 1.22. The quantitative estimate of drug-likeness (QED) is 0.750. The van der Waals surface area contributed by atoms with E-state index in [-0.39, 0.29) is 0 Å². The van der Waals surface area contributed by atoms with E-state index in [1.165, 1.54) is 30.6 Å². The molecule has 0 fully saturated rings. The Kier molecular flexibility index (Phi) is 7.35. The molecule has 1 aromatic heterocycles. The van der Waals surface area contributed by atoms with Gasteiger partial charge in [0.05, 0.1) is 0 Å². The van der Waals surface area contributed by atoms with E-state index >= 15 is 0 Å². The molecule has 0 spiro atoms. The highest BCUT2D eigenvalue weighted by molar-refractivity contribution is 8.00. The van der Waals surface area contributed by atoms with Crippen LogP contribution >= 0.6 is 23.1 Å². The highest BCUT2D eigenvalue weighted by Gasteiger charge is 2.15. The van der Waals surface area contributed by atoms with Gasteiger partial charge in [-0.3, -0.25) is 0 Å². The number of aryl methyl sites for hydroxylation is 1. The third kappa shape index (κ3) is 7.45. The van der Waals surface area contributed by atoms with Crippen molar-refractivity contribution in [3.63, 3.8) is 0 Å². The minimum Gasteiger partial charge on any atom is -0.313 e. The summed E-state index contributed by atoms with van der Waals surface area (Å²) < 4.78 is 0.370. The van der Waals surface area contributed by atoms with Gasteiger partial charge in [0.25, 0.3) is 0 Å². The van der Waals surface area contributed by atoms with Crippen LogP contribution in [0, 0.1) is 0 Å². The average Bonchev–Trinajstić information content (AvgIpc) is 2.79. The Bertz CT molecular complexity index is 301. The Morgan fingerprint density at radius 1 is 1.39 bits per heavy atom. The van der Waals surface area contributed by atoms with Gasteiger partial charge in [-0.1, -0.05) is 27.7 Å². The summed E-state index contributed by atoms with van der Waals surface area (Å²) in [6, 6.07) is 2.90. The van der Waals surface area contributed by atoms with Gasteiger partial charge < -0.3 is 5.32 Å². The molecule has 18 heavy (non-hydrogen) atoms. The first-order chi connectivity index (χ1) is 8.51. The monoisotopic (exact) mass is 285 g/mol. The van der Waals surface area contributed by atoms with Crippen LogP contribution in [0.4, 0.5) is 0 Å². The maximum Gasteiger partial charge on any atom is 0.0161 e. The van der Waals surface area contributed by atoms with Crippen LogP contribution in [-0.2, 0) is 6.42 Å². The predicted octanol–water partition coefficient (Wildman–Crippen LogP) is 4.58. The summed E-state index contributed by atoms with van der Waals surface area (Å²) in [6.45, 7) is 10.3. The molecule has 1 rings (SSSR count). The van der Waals surface area contributed by atoms with E-state index in [1.807, 2.05) is 0 Å². The van der Waals surface area contributed by atoms with E-state index in [0.717, 1.165) is 6.54 Å². The van der Waals surface area contributed by atoms with Crippen molar-refractivity contribution in [1.82, 2.24) is 5.32 Å². The minimum absolute atomic E-state index is 0.370. The molecule has 0 aliphatic carbocycles. The Morgan fingerprint density at radius 2 is 2.17 bits per heavy atom. The summed E-state index contributed by atoms with van der Waals surface area (Å²) in [6.07, 6.45) is 3.67. The van der Waals surface area contributed by atoms with Crippen molar-refractivity contribution < 1.29 is 0 Å². The number of thiophene rings is 1. The summed E-state index contributed by atoms with van der Waals surface area (Å²) >= 11 is 3.87. The van der Waals surface area contributed by atoms with Crippen molar-refractivity contribution in [1.29, 1.82) is 0 Å². The zero-order chi connectivity index (χ0) is 13.4. The van der Waals surface area contributed by atoms with Gasteiger partial charge in [-0.15, -0.1) is 0 Å². The molecule has 0 aliphatic heterocycles. The molecular formula is C15H27NS2. The second-order valence-corrected chi connectivity index (χ2v) is 8.37. The van der Waals surface area contributed by atoms with Gasteiger partial charge in [0, 0.05) is 16.5 Å². The lowest BCUT2D eigenvalue weighted by atomic mass is 10.1. The predicted molar refractivity (Wildman–Crippen MR) is 86.9 cm³/mol. The highest BCUT2D eigenvalue weighted by atomic mass is 32.2. The molecule has 3 heteroatoms. The van der Waals surface area contributed by atoms with Gasteiger partial charge in [0.2, 0.25) is 0 Å². The number of thioether (sulfide) groups is 1. The van der Waals surface area contributed by atoms with Crippen LogP contribution in [0.15, 0.2) is 16.8 Å². The molecule has 0 aromatic carbocycles. The summed E-state index contributed by atoms with van der Waals surface area (Å²) in [4.78, 5) is 0. The summed E-state index contributed by atoms with van der Waals surface area (Å²) in [7, 11) is 0. The number of nitrogens with one attached hydrogen (secondary N) is 1. The maximum absolute atomic E-state index is 3.69. The highest BCUT2D eigenvalue weighted by Crippen LogP contribution is 2.24. The fraction of sp³-hybridized carbons (Fsp3) is 0.733. The molecule has 104 valence electrons. The van der Waals surface area contributed by atoms with Crippen molar-refractivity contribution >= 4 is 23.1 Å². The van der Waals surface area contributed by atoms with E-state index in [2.05, 4.69) is 61.6 Å². The van der Waals surface area contributed by atoms with Gasteiger partial charge in [0.1, 0.15) is 0 Å². The van der Waals surface area contributed by atoms with E-state index in [4.69, 9.17) is 0 Å². The topological polar surface area (TPSA) is 12.0 Å². The Hall–Kier alpha value is 0.01000. The van der Waals surface area contributed by atoms with E-state index in [0.29, 0.717) is 10.8 Å². The van der Waals surface area contributed by atoms with Crippen LogP contribution in [-0.4, -0.2) is 23.1 Å². The lowest BCUT2D eigenvalue weighted by molar-refractivity contribution is 0.519. The van der Waals surface area contributed by atoms with Gasteiger partial charge >= 0.3 is 0 Å². The molecule has 1 heterocycles. The first-order valence-electron chi connectivity index (χ1n) is 6.89. The lowest BCUT2D eigenvalue weighted by Gasteiger charge is -2.23. The number of rotatable bonds is 8. The second kappa shape index (κ2) is 8.23. The van der Waals surface area contributed by atoms with E-state index < -0.39 is 0 Å². The Morgan fingerprint density at radius 3 is 2.72 bits per heavy atom. The standard InChI is InChI=1S/C15H27NS2/c1-5-9-16-14(12-18-15(2,3)4)7-6-13-8-10-17-11-13/h8,10-11,14,16H,5-7,9,12H2,1-4H3. The van der Waals surface area contributed by atoms with Crippen LogP contribution in [0.3, 0.4) is 0 Å². The van der Waals surface area contributed by atoms with Crippen LogP contribution in [0.2, 0.25) is 0 Å². The first kappa shape index (κ1) is 16.1. The van der Waals surface area contributed by atoms with Crippen LogP contribution in [0.1, 0.15) is 46.1 Å². The van der Waals surface area contributed by atoms with Gasteiger partial charge in [-0.2, -0.15) is 23.1 Å². The normalized spacial score (nSPS) is 13.8. The molecular weight excluding hydrogens is 258 g/mol. The van der Waals surface area contributed by atoms with Crippen LogP contribution < -0.4 is 5.32 Å². The molecule has 0 bridgehead atoms. The van der Waals surface area contributed by atoms with Gasteiger partial charge in [-0.25, -0.2) is 0 Å². The van der Waals surface area contributed by atoms with Crippen molar-refractivity contribution in [2.45, 2.75) is 57.7 Å². The molecule has 1 N–H and O–H groups in total. The molecule has 1 aromatic rings. The van der Waals surface area contributed by atoms with Crippen molar-refractivity contribution in [3.05, 3.63) is 22.4 Å². The molecule has 1 nitrogen and oxygen atoms in total. The molecule has 0 aliphatic rings. The smallest absolute Gasteiger partial charge is 0.0161 e. The number of hydrogen-bond donors (Lipinski definition) is 1. The third-order valence-corrected chi connectivity index (χ3v) is 4.93.